The lowest BCUT2D eigenvalue weighted by Gasteiger charge is -2.04. The van der Waals surface area contributed by atoms with Gasteiger partial charge in [0.05, 0.1) is 6.54 Å². The lowest BCUT2D eigenvalue weighted by atomic mass is 10.4. The van der Waals surface area contributed by atoms with Crippen molar-refractivity contribution in [1.82, 2.24) is 20.1 Å². The number of hydrogen-bond acceptors (Lipinski definition) is 6. The Labute approximate surface area is 103 Å². The van der Waals surface area contributed by atoms with Crippen molar-refractivity contribution in [2.24, 2.45) is 0 Å². The van der Waals surface area contributed by atoms with E-state index in [1.54, 1.807) is 6.92 Å². The second-order valence-electron chi connectivity index (χ2n) is 4.37. The van der Waals surface area contributed by atoms with E-state index in [0.717, 1.165) is 18.7 Å². The van der Waals surface area contributed by atoms with Gasteiger partial charge in [-0.15, -0.1) is 0 Å². The molecule has 2 aromatic rings. The van der Waals surface area contributed by atoms with Gasteiger partial charge in [-0.25, -0.2) is 4.98 Å². The monoisotopic (exact) mass is 247 g/mol. The molecule has 1 saturated carbocycles. The fourth-order valence-electron chi connectivity index (χ4n) is 1.70. The van der Waals surface area contributed by atoms with Crippen LogP contribution in [0.15, 0.2) is 15.4 Å². The average molecular weight is 247 g/mol. The van der Waals surface area contributed by atoms with E-state index in [-0.39, 0.29) is 5.56 Å². The maximum Gasteiger partial charge on any atom is 0.252 e. The Morgan fingerprint density at radius 1 is 1.50 bits per heavy atom. The van der Waals surface area contributed by atoms with Gasteiger partial charge in [-0.1, -0.05) is 5.16 Å². The molecule has 0 saturated heterocycles. The van der Waals surface area contributed by atoms with Crippen LogP contribution in [0.1, 0.15) is 36.3 Å². The van der Waals surface area contributed by atoms with E-state index in [1.807, 2.05) is 0 Å². The molecule has 94 valence electrons. The number of rotatable bonds is 4. The van der Waals surface area contributed by atoms with Crippen LogP contribution in [0.3, 0.4) is 0 Å². The highest BCUT2D eigenvalue weighted by atomic mass is 16.5. The summed E-state index contributed by atoms with van der Waals surface area (Å²) in [6.07, 6.45) is 2.19. The van der Waals surface area contributed by atoms with Crippen LogP contribution in [0, 0.1) is 6.92 Å². The quantitative estimate of drug-likeness (QED) is 0.835. The van der Waals surface area contributed by atoms with Gasteiger partial charge in [0, 0.05) is 18.9 Å². The number of aromatic amines is 1. The molecule has 7 heteroatoms. The number of hydrogen-bond donors (Lipinski definition) is 2. The SMILES string of the molecule is Cc1nc(CNc2cc(=O)[nH]c(C3CC3)n2)no1. The fourth-order valence-corrected chi connectivity index (χ4v) is 1.70. The maximum absolute atomic E-state index is 11.5. The molecule has 7 nitrogen and oxygen atoms in total. The molecule has 3 rings (SSSR count). The van der Waals surface area contributed by atoms with Crippen molar-refractivity contribution in [1.29, 1.82) is 0 Å². The van der Waals surface area contributed by atoms with Crippen LogP contribution in [0.5, 0.6) is 0 Å². The zero-order valence-corrected chi connectivity index (χ0v) is 9.93. The van der Waals surface area contributed by atoms with E-state index < -0.39 is 0 Å². The summed E-state index contributed by atoms with van der Waals surface area (Å²) in [5, 5.41) is 6.78. The van der Waals surface area contributed by atoms with Gasteiger partial charge in [0.25, 0.3) is 5.56 Å². The molecule has 0 aromatic carbocycles. The predicted octanol–water partition coefficient (Wildman–Crippen LogP) is 0.951. The largest absolute Gasteiger partial charge is 0.362 e. The van der Waals surface area contributed by atoms with Crippen molar-refractivity contribution in [3.63, 3.8) is 0 Å². The molecule has 18 heavy (non-hydrogen) atoms. The summed E-state index contributed by atoms with van der Waals surface area (Å²) in [6.45, 7) is 2.12. The number of H-pyrrole nitrogens is 1. The van der Waals surface area contributed by atoms with E-state index >= 15 is 0 Å². The lowest BCUT2D eigenvalue weighted by molar-refractivity contribution is 0.388. The Morgan fingerprint density at radius 3 is 3.00 bits per heavy atom. The molecule has 2 heterocycles. The minimum atomic E-state index is -0.140. The molecular weight excluding hydrogens is 234 g/mol. The van der Waals surface area contributed by atoms with Gasteiger partial charge in [0.1, 0.15) is 11.6 Å². The van der Waals surface area contributed by atoms with Crippen LogP contribution in [0.2, 0.25) is 0 Å². The molecular formula is C11H13N5O2. The van der Waals surface area contributed by atoms with Gasteiger partial charge in [-0.2, -0.15) is 4.98 Å². The van der Waals surface area contributed by atoms with E-state index in [9.17, 15) is 4.79 Å². The molecule has 1 aliphatic carbocycles. The summed E-state index contributed by atoms with van der Waals surface area (Å²) in [5.74, 6) is 2.77. The summed E-state index contributed by atoms with van der Waals surface area (Å²) in [4.78, 5) is 22.7. The third-order valence-electron chi connectivity index (χ3n) is 2.72. The first-order valence-corrected chi connectivity index (χ1v) is 5.85. The third-order valence-corrected chi connectivity index (χ3v) is 2.72. The van der Waals surface area contributed by atoms with Crippen LogP contribution in [0.4, 0.5) is 5.82 Å². The van der Waals surface area contributed by atoms with Crippen LogP contribution >= 0.6 is 0 Å². The molecule has 2 aromatic heterocycles. The van der Waals surface area contributed by atoms with Crippen molar-refractivity contribution in [2.45, 2.75) is 32.2 Å². The fraction of sp³-hybridized carbons (Fsp3) is 0.455. The van der Waals surface area contributed by atoms with E-state index in [1.165, 1.54) is 6.07 Å². The van der Waals surface area contributed by atoms with Gasteiger partial charge in [-0.3, -0.25) is 4.79 Å². The van der Waals surface area contributed by atoms with E-state index in [4.69, 9.17) is 4.52 Å². The molecule has 2 N–H and O–H groups in total. The molecule has 0 amide bonds. The summed E-state index contributed by atoms with van der Waals surface area (Å²) >= 11 is 0. The number of anilines is 1. The standard InChI is InChI=1S/C11H13N5O2/c1-6-13-9(16-18-6)5-12-8-4-10(17)15-11(14-8)7-2-3-7/h4,7H,2-3,5H2,1H3,(H2,12,14,15,17). The van der Waals surface area contributed by atoms with Crippen molar-refractivity contribution in [2.75, 3.05) is 5.32 Å². The van der Waals surface area contributed by atoms with Gasteiger partial charge in [-0.05, 0) is 12.8 Å². The molecule has 1 fully saturated rings. The minimum Gasteiger partial charge on any atom is -0.362 e. The molecule has 0 atom stereocenters. The predicted molar refractivity (Wildman–Crippen MR) is 63.2 cm³/mol. The first-order valence-electron chi connectivity index (χ1n) is 5.85. The lowest BCUT2D eigenvalue weighted by Crippen LogP contribution is -2.13. The van der Waals surface area contributed by atoms with Crippen molar-refractivity contribution in [3.8, 4) is 0 Å². The molecule has 0 aliphatic heterocycles. The smallest absolute Gasteiger partial charge is 0.252 e. The van der Waals surface area contributed by atoms with Crippen molar-refractivity contribution >= 4 is 5.82 Å². The second-order valence-corrected chi connectivity index (χ2v) is 4.37. The van der Waals surface area contributed by atoms with Crippen LogP contribution in [-0.4, -0.2) is 20.1 Å². The molecule has 0 spiro atoms. The Balaban J connectivity index is 1.73. The van der Waals surface area contributed by atoms with E-state index in [2.05, 4.69) is 25.4 Å². The molecule has 0 unspecified atom stereocenters. The first-order chi connectivity index (χ1) is 8.70. The van der Waals surface area contributed by atoms with Gasteiger partial charge >= 0.3 is 0 Å². The Hall–Kier alpha value is -2.18. The summed E-state index contributed by atoms with van der Waals surface area (Å²) in [6, 6.07) is 1.43. The molecule has 1 aliphatic rings. The van der Waals surface area contributed by atoms with Crippen LogP contribution < -0.4 is 10.9 Å². The zero-order valence-electron chi connectivity index (χ0n) is 9.93. The Kier molecular flexibility index (Phi) is 2.58. The third kappa shape index (κ3) is 2.39. The highest BCUT2D eigenvalue weighted by Gasteiger charge is 2.26. The summed E-state index contributed by atoms with van der Waals surface area (Å²) in [5.41, 5.74) is -0.140. The Morgan fingerprint density at radius 2 is 2.33 bits per heavy atom. The molecule has 0 bridgehead atoms. The summed E-state index contributed by atoms with van der Waals surface area (Å²) in [7, 11) is 0. The van der Waals surface area contributed by atoms with Gasteiger partial charge in [0.15, 0.2) is 5.82 Å². The van der Waals surface area contributed by atoms with Crippen LogP contribution in [-0.2, 0) is 6.54 Å². The molecule has 0 radical (unpaired) electrons. The minimum absolute atomic E-state index is 0.140. The van der Waals surface area contributed by atoms with E-state index in [0.29, 0.717) is 30.0 Å². The highest BCUT2D eigenvalue weighted by Crippen LogP contribution is 2.37. The highest BCUT2D eigenvalue weighted by molar-refractivity contribution is 5.34. The topological polar surface area (TPSA) is 96.7 Å². The van der Waals surface area contributed by atoms with Gasteiger partial charge in [0.2, 0.25) is 5.89 Å². The first kappa shape index (κ1) is 10.9. The summed E-state index contributed by atoms with van der Waals surface area (Å²) < 4.78 is 4.86. The zero-order chi connectivity index (χ0) is 12.5. The number of nitrogens with zero attached hydrogens (tertiary/aromatic N) is 3. The number of aromatic nitrogens is 4. The number of nitrogens with one attached hydrogen (secondary N) is 2. The normalized spacial score (nSPS) is 14.7. The van der Waals surface area contributed by atoms with Crippen LogP contribution in [0.25, 0.3) is 0 Å². The van der Waals surface area contributed by atoms with Gasteiger partial charge < -0.3 is 14.8 Å². The Bertz CT molecular complexity index is 614. The average Bonchev–Trinajstić information content (AvgIpc) is 3.10. The second kappa shape index (κ2) is 4.25. The number of aryl methyl sites for hydroxylation is 1. The van der Waals surface area contributed by atoms with Crippen molar-refractivity contribution in [3.05, 3.63) is 34.0 Å². The maximum atomic E-state index is 11.5. The van der Waals surface area contributed by atoms with Crippen molar-refractivity contribution < 1.29 is 4.52 Å².